The highest BCUT2D eigenvalue weighted by Crippen LogP contribution is 2.28. The van der Waals surface area contributed by atoms with E-state index in [2.05, 4.69) is 10.6 Å². The molecule has 1 fully saturated rings. The molecule has 2 atom stereocenters. The third-order valence-electron chi connectivity index (χ3n) is 6.53. The summed E-state index contributed by atoms with van der Waals surface area (Å²) in [5.41, 5.74) is 1.96. The van der Waals surface area contributed by atoms with E-state index in [0.717, 1.165) is 18.7 Å². The summed E-state index contributed by atoms with van der Waals surface area (Å²) >= 11 is 0. The van der Waals surface area contributed by atoms with Crippen LogP contribution in [-0.4, -0.2) is 79.1 Å². The van der Waals surface area contributed by atoms with Crippen LogP contribution in [0.4, 0.5) is 11.4 Å². The molecule has 37 heavy (non-hydrogen) atoms. The monoisotopic (exact) mass is 510 g/mol. The summed E-state index contributed by atoms with van der Waals surface area (Å²) in [5.74, 6) is -3.51. The molecule has 1 aliphatic rings. The highest BCUT2D eigenvalue weighted by molar-refractivity contribution is 5.99. The number of benzene rings is 2. The van der Waals surface area contributed by atoms with Gasteiger partial charge in [-0.05, 0) is 48.7 Å². The number of amides is 2. The van der Waals surface area contributed by atoms with Crippen molar-refractivity contribution in [1.29, 1.82) is 0 Å². The summed E-state index contributed by atoms with van der Waals surface area (Å²) in [6, 6.07) is 10.8. The number of nitrogens with one attached hydrogen (secondary N) is 2. The summed E-state index contributed by atoms with van der Waals surface area (Å²) in [6.07, 6.45) is 0.575. The van der Waals surface area contributed by atoms with Gasteiger partial charge in [0.1, 0.15) is 0 Å². The fraction of sp³-hybridized carbons (Fsp3) is 0.407. The number of aromatic carboxylic acids is 2. The topological polar surface area (TPSA) is 139 Å². The SMILES string of the molecule is CC(CC(Cc1ccc(C(=O)O)cc1)C(=O)Nc1cc(C(=O)O)ccc1N(C)C)C(=O)N1CCNCC1. The molecule has 0 bridgehead atoms. The lowest BCUT2D eigenvalue weighted by Gasteiger charge is -2.31. The van der Waals surface area contributed by atoms with Gasteiger partial charge in [-0.3, -0.25) is 9.59 Å². The molecule has 10 heteroatoms. The maximum atomic E-state index is 13.6. The zero-order valence-electron chi connectivity index (χ0n) is 21.4. The average Bonchev–Trinajstić information content (AvgIpc) is 2.88. The van der Waals surface area contributed by atoms with Crippen molar-refractivity contribution in [2.24, 2.45) is 11.8 Å². The molecule has 2 aromatic carbocycles. The van der Waals surface area contributed by atoms with Gasteiger partial charge in [0.2, 0.25) is 11.8 Å². The van der Waals surface area contributed by atoms with Crippen LogP contribution in [0.2, 0.25) is 0 Å². The van der Waals surface area contributed by atoms with E-state index in [0.29, 0.717) is 30.9 Å². The molecule has 1 aliphatic heterocycles. The number of carbonyl (C=O) groups is 4. The van der Waals surface area contributed by atoms with Gasteiger partial charge in [-0.1, -0.05) is 19.1 Å². The van der Waals surface area contributed by atoms with Crippen molar-refractivity contribution in [2.45, 2.75) is 19.8 Å². The third kappa shape index (κ3) is 7.29. The number of carboxylic acid groups (broad SMARTS) is 2. The Hall–Kier alpha value is -3.92. The van der Waals surface area contributed by atoms with Crippen molar-refractivity contribution in [1.82, 2.24) is 10.2 Å². The lowest BCUT2D eigenvalue weighted by atomic mass is 9.88. The highest BCUT2D eigenvalue weighted by Gasteiger charge is 2.29. The Bertz CT molecular complexity index is 1140. The standard InChI is InChI=1S/C27H34N4O6/c1-17(25(33)31-12-10-28-11-13-31)14-21(15-18-4-6-19(7-5-18)26(34)35)24(32)29-22-16-20(27(36)37)8-9-23(22)30(2)3/h4-9,16-17,21,28H,10-15H2,1-3H3,(H,29,32)(H,34,35)(H,36,37). The maximum absolute atomic E-state index is 13.6. The Labute approximate surface area is 216 Å². The van der Waals surface area contributed by atoms with Gasteiger partial charge < -0.3 is 30.6 Å². The molecule has 0 spiro atoms. The second-order valence-electron chi connectivity index (χ2n) is 9.54. The summed E-state index contributed by atoms with van der Waals surface area (Å²) in [7, 11) is 3.59. The van der Waals surface area contributed by atoms with Gasteiger partial charge in [-0.15, -0.1) is 0 Å². The molecule has 2 unspecified atom stereocenters. The first-order valence-electron chi connectivity index (χ1n) is 12.2. The molecule has 3 rings (SSSR count). The maximum Gasteiger partial charge on any atom is 0.335 e. The van der Waals surface area contributed by atoms with Crippen molar-refractivity contribution in [2.75, 3.05) is 50.5 Å². The first kappa shape index (κ1) is 27.7. The van der Waals surface area contributed by atoms with Crippen LogP contribution in [0.15, 0.2) is 42.5 Å². The summed E-state index contributed by atoms with van der Waals surface area (Å²) in [6.45, 7) is 4.50. The smallest absolute Gasteiger partial charge is 0.335 e. The molecule has 2 amide bonds. The second-order valence-corrected chi connectivity index (χ2v) is 9.54. The molecule has 2 aromatic rings. The van der Waals surface area contributed by atoms with Crippen LogP contribution < -0.4 is 15.5 Å². The number of carbonyl (C=O) groups excluding carboxylic acids is 2. The van der Waals surface area contributed by atoms with E-state index in [1.165, 1.54) is 24.3 Å². The molecule has 1 heterocycles. The van der Waals surface area contributed by atoms with Crippen molar-refractivity contribution >= 4 is 35.1 Å². The lowest BCUT2D eigenvalue weighted by Crippen LogP contribution is -2.48. The minimum absolute atomic E-state index is 0.0117. The average molecular weight is 511 g/mol. The molecule has 10 nitrogen and oxygen atoms in total. The van der Waals surface area contributed by atoms with E-state index in [1.54, 1.807) is 42.1 Å². The molecule has 0 aromatic heterocycles. The first-order valence-corrected chi connectivity index (χ1v) is 12.2. The van der Waals surface area contributed by atoms with E-state index < -0.39 is 23.8 Å². The molecule has 4 N–H and O–H groups in total. The summed E-state index contributed by atoms with van der Waals surface area (Å²) < 4.78 is 0. The van der Waals surface area contributed by atoms with Crippen LogP contribution >= 0.6 is 0 Å². The first-order chi connectivity index (χ1) is 17.6. The molecule has 0 aliphatic carbocycles. The third-order valence-corrected chi connectivity index (χ3v) is 6.53. The Kier molecular flexibility index (Phi) is 9.24. The van der Waals surface area contributed by atoms with Gasteiger partial charge >= 0.3 is 11.9 Å². The number of anilines is 2. The van der Waals surface area contributed by atoms with Gasteiger partial charge in [0, 0.05) is 52.1 Å². The zero-order valence-corrected chi connectivity index (χ0v) is 21.4. The Morgan fingerprint density at radius 3 is 2.14 bits per heavy atom. The predicted octanol–water partition coefficient (Wildman–Crippen LogP) is 2.40. The number of carboxylic acids is 2. The van der Waals surface area contributed by atoms with Crippen molar-refractivity contribution < 1.29 is 29.4 Å². The minimum Gasteiger partial charge on any atom is -0.478 e. The van der Waals surface area contributed by atoms with Crippen LogP contribution in [-0.2, 0) is 16.0 Å². The van der Waals surface area contributed by atoms with Gasteiger partial charge in [0.15, 0.2) is 0 Å². The van der Waals surface area contributed by atoms with Crippen LogP contribution in [0.3, 0.4) is 0 Å². The van der Waals surface area contributed by atoms with E-state index in [4.69, 9.17) is 0 Å². The van der Waals surface area contributed by atoms with Gasteiger partial charge in [0.05, 0.1) is 22.5 Å². The molecule has 0 radical (unpaired) electrons. The van der Waals surface area contributed by atoms with Gasteiger partial charge in [0.25, 0.3) is 0 Å². The minimum atomic E-state index is -1.11. The molecule has 0 saturated carbocycles. The molecule has 198 valence electrons. The Morgan fingerprint density at radius 1 is 0.973 bits per heavy atom. The highest BCUT2D eigenvalue weighted by atomic mass is 16.4. The normalized spacial score (nSPS) is 14.9. The largest absolute Gasteiger partial charge is 0.478 e. The van der Waals surface area contributed by atoms with E-state index in [1.807, 2.05) is 6.92 Å². The Morgan fingerprint density at radius 2 is 1.57 bits per heavy atom. The van der Waals surface area contributed by atoms with Crippen LogP contribution in [0.1, 0.15) is 39.6 Å². The summed E-state index contributed by atoms with van der Waals surface area (Å²) in [5, 5.41) is 24.7. The fourth-order valence-electron chi connectivity index (χ4n) is 4.47. The van der Waals surface area contributed by atoms with E-state index >= 15 is 0 Å². The summed E-state index contributed by atoms with van der Waals surface area (Å²) in [4.78, 5) is 53.0. The number of nitrogens with zero attached hydrogens (tertiary/aromatic N) is 2. The number of hydrogen-bond donors (Lipinski definition) is 4. The van der Waals surface area contributed by atoms with E-state index in [9.17, 15) is 29.4 Å². The van der Waals surface area contributed by atoms with Crippen molar-refractivity contribution in [3.8, 4) is 0 Å². The predicted molar refractivity (Wildman–Crippen MR) is 140 cm³/mol. The van der Waals surface area contributed by atoms with E-state index in [-0.39, 0.29) is 29.4 Å². The number of hydrogen-bond acceptors (Lipinski definition) is 6. The van der Waals surface area contributed by atoms with Gasteiger partial charge in [-0.25, -0.2) is 9.59 Å². The fourth-order valence-corrected chi connectivity index (χ4v) is 4.47. The van der Waals surface area contributed by atoms with Crippen molar-refractivity contribution in [3.63, 3.8) is 0 Å². The number of rotatable bonds is 10. The van der Waals surface area contributed by atoms with Crippen LogP contribution in [0, 0.1) is 11.8 Å². The number of piperazine rings is 1. The molecule has 1 saturated heterocycles. The second kappa shape index (κ2) is 12.4. The van der Waals surface area contributed by atoms with Crippen molar-refractivity contribution in [3.05, 3.63) is 59.2 Å². The quantitative estimate of drug-likeness (QED) is 0.382. The molecular formula is C27H34N4O6. The lowest BCUT2D eigenvalue weighted by molar-refractivity contribution is -0.136. The van der Waals surface area contributed by atoms with Crippen LogP contribution in [0.25, 0.3) is 0 Å². The van der Waals surface area contributed by atoms with Gasteiger partial charge in [-0.2, -0.15) is 0 Å². The zero-order chi connectivity index (χ0) is 27.1. The van der Waals surface area contributed by atoms with Crippen LogP contribution in [0.5, 0.6) is 0 Å². The Balaban J connectivity index is 1.86. The molecular weight excluding hydrogens is 476 g/mol.